The first-order chi connectivity index (χ1) is 10.9. The van der Waals surface area contributed by atoms with Crippen molar-refractivity contribution in [1.29, 1.82) is 0 Å². The minimum absolute atomic E-state index is 0.171. The second-order valence-electron chi connectivity index (χ2n) is 4.92. The Labute approximate surface area is 134 Å². The Kier molecular flexibility index (Phi) is 5.56. The van der Waals surface area contributed by atoms with Crippen LogP contribution in [0.5, 0.6) is 5.75 Å². The van der Waals surface area contributed by atoms with Gasteiger partial charge in [0.1, 0.15) is 5.75 Å². The zero-order chi connectivity index (χ0) is 16.9. The summed E-state index contributed by atoms with van der Waals surface area (Å²) in [5.74, 6) is -0.171. The molecule has 2 rings (SSSR count). The number of urea groups is 1. The van der Waals surface area contributed by atoms with Crippen LogP contribution in [0.15, 0.2) is 35.9 Å². The summed E-state index contributed by atoms with van der Waals surface area (Å²) >= 11 is 0. The van der Waals surface area contributed by atoms with Crippen molar-refractivity contribution in [2.24, 2.45) is 0 Å². The molecule has 126 valence electrons. The molecule has 1 aromatic carbocycles. The highest BCUT2D eigenvalue weighted by Gasteiger charge is 2.17. The van der Waals surface area contributed by atoms with E-state index in [4.69, 9.17) is 4.74 Å². The van der Waals surface area contributed by atoms with Crippen LogP contribution < -0.4 is 9.50 Å². The van der Waals surface area contributed by atoms with Gasteiger partial charge in [-0.3, -0.25) is 0 Å². The van der Waals surface area contributed by atoms with E-state index in [9.17, 15) is 17.1 Å². The molecule has 0 unspecified atom stereocenters. The summed E-state index contributed by atoms with van der Waals surface area (Å²) in [7, 11) is -3.43. The number of anilines is 1. The Morgan fingerprint density at radius 1 is 1.35 bits per heavy atom. The van der Waals surface area contributed by atoms with Gasteiger partial charge in [0.2, 0.25) is 0 Å². The highest BCUT2D eigenvalue weighted by molar-refractivity contribution is 7.81. The van der Waals surface area contributed by atoms with Crippen LogP contribution in [0.1, 0.15) is 6.42 Å². The highest BCUT2D eigenvalue weighted by Crippen LogP contribution is 2.19. The van der Waals surface area contributed by atoms with Crippen LogP contribution in [-0.2, 0) is 15.2 Å². The number of ether oxygens (including phenoxy) is 1. The van der Waals surface area contributed by atoms with E-state index in [1.54, 1.807) is 12.0 Å². The molecule has 2 amide bonds. The number of methoxy groups -OCH3 is 1. The maximum absolute atomic E-state index is 12.4. The molecule has 1 N–H and O–H groups in total. The predicted octanol–water partition coefficient (Wildman–Crippen LogP) is 2.09. The number of amides is 2. The quantitative estimate of drug-likeness (QED) is 0.653. The van der Waals surface area contributed by atoms with E-state index in [-0.39, 0.29) is 11.8 Å². The number of hydrogen-bond acceptors (Lipinski definition) is 5. The topological polar surface area (TPSA) is 84.9 Å². The maximum Gasteiger partial charge on any atom is 0.488 e. The highest BCUT2D eigenvalue weighted by atomic mass is 32.3. The second kappa shape index (κ2) is 7.42. The molecule has 0 fully saturated rings. The van der Waals surface area contributed by atoms with Crippen molar-refractivity contribution in [3.63, 3.8) is 0 Å². The molecule has 1 aromatic rings. The Hall–Kier alpha value is -2.13. The third kappa shape index (κ3) is 5.53. The van der Waals surface area contributed by atoms with Crippen LogP contribution in [0.4, 0.5) is 14.4 Å². The minimum Gasteiger partial charge on any atom is -0.380 e. The van der Waals surface area contributed by atoms with Crippen molar-refractivity contribution < 1.29 is 26.0 Å². The van der Waals surface area contributed by atoms with Crippen molar-refractivity contribution in [2.45, 2.75) is 6.42 Å². The van der Waals surface area contributed by atoms with Crippen LogP contribution >= 0.6 is 0 Å². The molecule has 0 bridgehead atoms. The molecule has 7 nitrogen and oxygen atoms in total. The standard InChI is InChI=1S/C14H17FN2O5S/c1-21-10-11-6-8-17(9-7-11)14(18)16-12-2-4-13(5-3-12)22-23(15,19)20/h2-6H,7-10H2,1H3,(H,16,18). The van der Waals surface area contributed by atoms with Crippen LogP contribution in [0.3, 0.4) is 0 Å². The molecule has 1 aliphatic rings. The largest absolute Gasteiger partial charge is 0.488 e. The first-order valence-corrected chi connectivity index (χ1v) is 8.15. The Morgan fingerprint density at radius 3 is 2.57 bits per heavy atom. The Balaban J connectivity index is 1.91. The molecule has 0 spiro atoms. The van der Waals surface area contributed by atoms with Gasteiger partial charge < -0.3 is 19.1 Å². The lowest BCUT2D eigenvalue weighted by Gasteiger charge is -2.26. The van der Waals surface area contributed by atoms with Gasteiger partial charge in [-0.25, -0.2) is 4.79 Å². The lowest BCUT2D eigenvalue weighted by atomic mass is 10.1. The molecule has 1 aliphatic heterocycles. The van der Waals surface area contributed by atoms with Gasteiger partial charge in [0, 0.05) is 25.9 Å². The van der Waals surface area contributed by atoms with Gasteiger partial charge in [-0.15, -0.1) is 0 Å². The van der Waals surface area contributed by atoms with Gasteiger partial charge >= 0.3 is 16.5 Å². The number of nitrogens with one attached hydrogen (secondary N) is 1. The first-order valence-electron chi connectivity index (χ1n) is 6.84. The van der Waals surface area contributed by atoms with Gasteiger partial charge in [0.15, 0.2) is 0 Å². The van der Waals surface area contributed by atoms with E-state index >= 15 is 0 Å². The molecular formula is C14H17FN2O5S. The van der Waals surface area contributed by atoms with Gasteiger partial charge in [-0.05, 0) is 36.3 Å². The van der Waals surface area contributed by atoms with Crippen molar-refractivity contribution in [3.8, 4) is 5.75 Å². The number of nitrogens with zero attached hydrogens (tertiary/aromatic N) is 1. The summed E-state index contributed by atoms with van der Waals surface area (Å²) in [6, 6.07) is 5.08. The lowest BCUT2D eigenvalue weighted by molar-refractivity contribution is 0.203. The molecule has 0 saturated heterocycles. The summed E-state index contributed by atoms with van der Waals surface area (Å²) in [6.07, 6.45) is 2.71. The molecule has 0 saturated carbocycles. The van der Waals surface area contributed by atoms with Crippen LogP contribution in [0.25, 0.3) is 0 Å². The number of benzene rings is 1. The number of rotatable bonds is 5. The smallest absolute Gasteiger partial charge is 0.380 e. The zero-order valence-corrected chi connectivity index (χ0v) is 13.3. The molecule has 0 aromatic heterocycles. The zero-order valence-electron chi connectivity index (χ0n) is 12.5. The summed E-state index contributed by atoms with van der Waals surface area (Å²) in [5, 5.41) is 2.68. The number of halogens is 1. The molecule has 0 radical (unpaired) electrons. The SMILES string of the molecule is COCC1=CCN(C(=O)Nc2ccc(OS(=O)(=O)F)cc2)CC1. The summed E-state index contributed by atoms with van der Waals surface area (Å²) in [4.78, 5) is 13.7. The van der Waals surface area contributed by atoms with Crippen molar-refractivity contribution in [1.82, 2.24) is 4.90 Å². The normalized spacial score (nSPS) is 15.0. The number of hydrogen-bond donors (Lipinski definition) is 1. The van der Waals surface area contributed by atoms with Crippen molar-refractivity contribution >= 4 is 22.2 Å². The maximum atomic E-state index is 12.4. The van der Waals surface area contributed by atoms with Crippen molar-refractivity contribution in [2.75, 3.05) is 32.1 Å². The molecule has 1 heterocycles. The number of carbonyl (C=O) groups is 1. The monoisotopic (exact) mass is 344 g/mol. The second-order valence-corrected chi connectivity index (χ2v) is 5.88. The fourth-order valence-electron chi connectivity index (χ4n) is 2.12. The number of carbonyl (C=O) groups excluding carboxylic acids is 1. The Bertz CT molecular complexity index is 688. The summed E-state index contributed by atoms with van der Waals surface area (Å²) < 4.78 is 42.2. The van der Waals surface area contributed by atoms with Crippen LogP contribution in [0, 0.1) is 0 Å². The van der Waals surface area contributed by atoms with Crippen molar-refractivity contribution in [3.05, 3.63) is 35.9 Å². The van der Waals surface area contributed by atoms with Crippen LogP contribution in [0.2, 0.25) is 0 Å². The average molecular weight is 344 g/mol. The summed E-state index contributed by atoms with van der Waals surface area (Å²) in [6.45, 7) is 1.64. The first kappa shape index (κ1) is 17.2. The van der Waals surface area contributed by atoms with E-state index in [1.807, 2.05) is 6.08 Å². The van der Waals surface area contributed by atoms with E-state index < -0.39 is 10.5 Å². The van der Waals surface area contributed by atoms with Gasteiger partial charge in [0.05, 0.1) is 6.61 Å². The molecular weight excluding hydrogens is 327 g/mol. The van der Waals surface area contributed by atoms with Gasteiger partial charge in [-0.1, -0.05) is 9.96 Å². The average Bonchev–Trinajstić information content (AvgIpc) is 2.49. The molecule has 9 heteroatoms. The van der Waals surface area contributed by atoms with Crippen LogP contribution in [-0.4, -0.2) is 46.2 Å². The molecule has 0 atom stereocenters. The Morgan fingerprint density at radius 2 is 2.04 bits per heavy atom. The third-order valence-electron chi connectivity index (χ3n) is 3.22. The molecule has 23 heavy (non-hydrogen) atoms. The lowest BCUT2D eigenvalue weighted by Crippen LogP contribution is -2.38. The minimum atomic E-state index is -5.05. The van der Waals surface area contributed by atoms with E-state index in [2.05, 4.69) is 9.50 Å². The van der Waals surface area contributed by atoms with E-state index in [0.717, 1.165) is 12.0 Å². The fraction of sp³-hybridized carbons (Fsp3) is 0.357. The van der Waals surface area contributed by atoms with Gasteiger partial charge in [0.25, 0.3) is 0 Å². The predicted molar refractivity (Wildman–Crippen MR) is 82.3 cm³/mol. The molecule has 0 aliphatic carbocycles. The third-order valence-corrected chi connectivity index (χ3v) is 3.61. The van der Waals surface area contributed by atoms with E-state index in [0.29, 0.717) is 25.4 Å². The fourth-order valence-corrected chi connectivity index (χ4v) is 2.46. The van der Waals surface area contributed by atoms with Gasteiger partial charge in [-0.2, -0.15) is 8.42 Å². The van der Waals surface area contributed by atoms with E-state index in [1.165, 1.54) is 24.3 Å². The summed E-state index contributed by atoms with van der Waals surface area (Å²) in [5.41, 5.74) is 1.61.